The second-order valence-corrected chi connectivity index (χ2v) is 5.10. The minimum atomic E-state index is -0.319. The highest BCUT2D eigenvalue weighted by molar-refractivity contribution is 9.10. The molecule has 1 heterocycles. The standard InChI is InChI=1S/C13H14BrN3O3/c1-20-7-8-9(14)3-2-4-10(8)15-13(19)11-5-6-12(18)17-16-11/h2-4H,5-7H2,1H3,(H,15,19)(H,17,18). The molecule has 1 aromatic carbocycles. The van der Waals surface area contributed by atoms with Crippen molar-refractivity contribution in [2.45, 2.75) is 19.4 Å². The van der Waals surface area contributed by atoms with Gasteiger partial charge in [-0.25, -0.2) is 5.43 Å². The van der Waals surface area contributed by atoms with E-state index < -0.39 is 0 Å². The fourth-order valence-electron chi connectivity index (χ4n) is 1.80. The molecule has 7 heteroatoms. The molecule has 0 fully saturated rings. The second-order valence-electron chi connectivity index (χ2n) is 4.25. The molecule has 0 spiro atoms. The molecule has 2 amide bonds. The van der Waals surface area contributed by atoms with Crippen LogP contribution in [0.15, 0.2) is 27.8 Å². The van der Waals surface area contributed by atoms with Crippen LogP contribution in [-0.2, 0) is 20.9 Å². The number of carbonyl (C=O) groups excluding carboxylic acids is 2. The molecule has 0 aromatic heterocycles. The number of halogens is 1. The van der Waals surface area contributed by atoms with Crippen LogP contribution < -0.4 is 10.7 Å². The van der Waals surface area contributed by atoms with Gasteiger partial charge >= 0.3 is 0 Å². The summed E-state index contributed by atoms with van der Waals surface area (Å²) in [6.07, 6.45) is 0.612. The summed E-state index contributed by atoms with van der Waals surface area (Å²) in [5, 5.41) is 6.56. The number of benzene rings is 1. The van der Waals surface area contributed by atoms with Crippen molar-refractivity contribution in [2.75, 3.05) is 12.4 Å². The fraction of sp³-hybridized carbons (Fsp3) is 0.308. The van der Waals surface area contributed by atoms with E-state index in [2.05, 4.69) is 31.8 Å². The van der Waals surface area contributed by atoms with Gasteiger partial charge in [0, 0.05) is 35.7 Å². The summed E-state index contributed by atoms with van der Waals surface area (Å²) in [6.45, 7) is 0.375. The average Bonchev–Trinajstić information content (AvgIpc) is 2.43. The number of amides is 2. The Labute approximate surface area is 124 Å². The van der Waals surface area contributed by atoms with Crippen molar-refractivity contribution >= 4 is 39.1 Å². The lowest BCUT2D eigenvalue weighted by Crippen LogP contribution is -2.33. The molecule has 1 aromatic rings. The topological polar surface area (TPSA) is 79.8 Å². The average molecular weight is 340 g/mol. The van der Waals surface area contributed by atoms with E-state index in [9.17, 15) is 9.59 Å². The molecule has 0 aliphatic carbocycles. The van der Waals surface area contributed by atoms with Crippen LogP contribution in [0.3, 0.4) is 0 Å². The van der Waals surface area contributed by atoms with Gasteiger partial charge in [-0.15, -0.1) is 0 Å². The van der Waals surface area contributed by atoms with Gasteiger partial charge in [-0.2, -0.15) is 5.10 Å². The molecule has 0 unspecified atom stereocenters. The van der Waals surface area contributed by atoms with E-state index >= 15 is 0 Å². The first kappa shape index (κ1) is 14.7. The third-order valence-corrected chi connectivity index (χ3v) is 3.57. The first-order chi connectivity index (χ1) is 9.61. The second kappa shape index (κ2) is 6.62. The minimum Gasteiger partial charge on any atom is -0.380 e. The maximum atomic E-state index is 12.1. The Morgan fingerprint density at radius 3 is 2.95 bits per heavy atom. The molecule has 0 saturated heterocycles. The third kappa shape index (κ3) is 3.43. The molecule has 106 valence electrons. The Balaban J connectivity index is 2.15. The smallest absolute Gasteiger partial charge is 0.271 e. The molecular formula is C13H14BrN3O3. The van der Waals surface area contributed by atoms with Gasteiger partial charge in [0.2, 0.25) is 5.91 Å². The number of hydrazone groups is 1. The van der Waals surface area contributed by atoms with Crippen molar-refractivity contribution in [2.24, 2.45) is 5.10 Å². The Bertz CT molecular complexity index is 572. The number of rotatable bonds is 4. The van der Waals surface area contributed by atoms with Crippen molar-refractivity contribution in [1.29, 1.82) is 0 Å². The van der Waals surface area contributed by atoms with Crippen molar-refractivity contribution in [1.82, 2.24) is 5.43 Å². The highest BCUT2D eigenvalue weighted by Crippen LogP contribution is 2.25. The van der Waals surface area contributed by atoms with Crippen molar-refractivity contribution < 1.29 is 14.3 Å². The van der Waals surface area contributed by atoms with Gasteiger partial charge in [0.1, 0.15) is 5.71 Å². The molecule has 1 aliphatic heterocycles. The summed E-state index contributed by atoms with van der Waals surface area (Å²) >= 11 is 3.42. The molecule has 0 bridgehead atoms. The summed E-state index contributed by atoms with van der Waals surface area (Å²) in [5.41, 5.74) is 4.13. The van der Waals surface area contributed by atoms with E-state index in [1.54, 1.807) is 13.2 Å². The van der Waals surface area contributed by atoms with Crippen LogP contribution in [0.2, 0.25) is 0 Å². The number of hydrogen-bond donors (Lipinski definition) is 2. The van der Waals surface area contributed by atoms with Crippen LogP contribution in [-0.4, -0.2) is 24.6 Å². The van der Waals surface area contributed by atoms with Gasteiger partial charge in [-0.1, -0.05) is 22.0 Å². The number of anilines is 1. The highest BCUT2D eigenvalue weighted by atomic mass is 79.9. The Morgan fingerprint density at radius 2 is 2.30 bits per heavy atom. The van der Waals surface area contributed by atoms with E-state index in [1.165, 1.54) is 0 Å². The maximum absolute atomic E-state index is 12.1. The first-order valence-electron chi connectivity index (χ1n) is 6.05. The summed E-state index contributed by atoms with van der Waals surface area (Å²) in [4.78, 5) is 23.1. The van der Waals surface area contributed by atoms with Gasteiger partial charge in [0.15, 0.2) is 0 Å². The lowest BCUT2D eigenvalue weighted by molar-refractivity contribution is -0.121. The van der Waals surface area contributed by atoms with Gasteiger partial charge in [-0.3, -0.25) is 9.59 Å². The van der Waals surface area contributed by atoms with Gasteiger partial charge in [0.05, 0.1) is 6.61 Å². The van der Waals surface area contributed by atoms with Crippen molar-refractivity contribution in [3.8, 4) is 0 Å². The number of carbonyl (C=O) groups is 2. The zero-order valence-electron chi connectivity index (χ0n) is 10.9. The molecule has 20 heavy (non-hydrogen) atoms. The Kier molecular flexibility index (Phi) is 4.86. The van der Waals surface area contributed by atoms with Gasteiger partial charge in [0.25, 0.3) is 5.91 Å². The van der Waals surface area contributed by atoms with Crippen LogP contribution in [0.25, 0.3) is 0 Å². The van der Waals surface area contributed by atoms with Crippen LogP contribution in [0.1, 0.15) is 18.4 Å². The largest absolute Gasteiger partial charge is 0.380 e. The molecule has 2 rings (SSSR count). The maximum Gasteiger partial charge on any atom is 0.271 e. The lowest BCUT2D eigenvalue weighted by atomic mass is 10.1. The zero-order chi connectivity index (χ0) is 14.5. The number of methoxy groups -OCH3 is 1. The molecule has 1 aliphatic rings. The zero-order valence-corrected chi connectivity index (χ0v) is 12.5. The summed E-state index contributed by atoms with van der Waals surface area (Å²) < 4.78 is 5.98. The monoisotopic (exact) mass is 339 g/mol. The first-order valence-corrected chi connectivity index (χ1v) is 6.84. The minimum absolute atomic E-state index is 0.177. The number of nitrogens with zero attached hydrogens (tertiary/aromatic N) is 1. The van der Waals surface area contributed by atoms with Crippen LogP contribution in [0, 0.1) is 0 Å². The lowest BCUT2D eigenvalue weighted by Gasteiger charge is -2.15. The predicted octanol–water partition coefficient (Wildman–Crippen LogP) is 1.80. The third-order valence-electron chi connectivity index (χ3n) is 2.82. The Hall–Kier alpha value is -1.73. The molecular weight excluding hydrogens is 326 g/mol. The van der Waals surface area contributed by atoms with E-state index in [4.69, 9.17) is 4.74 Å². The van der Waals surface area contributed by atoms with Crippen molar-refractivity contribution in [3.63, 3.8) is 0 Å². The molecule has 0 radical (unpaired) electrons. The van der Waals surface area contributed by atoms with Crippen molar-refractivity contribution in [3.05, 3.63) is 28.2 Å². The Morgan fingerprint density at radius 1 is 1.50 bits per heavy atom. The van der Waals surface area contributed by atoms with Crippen LogP contribution >= 0.6 is 15.9 Å². The quantitative estimate of drug-likeness (QED) is 0.877. The fourth-order valence-corrected chi connectivity index (χ4v) is 2.28. The molecule has 0 atom stereocenters. The van der Waals surface area contributed by atoms with E-state index in [-0.39, 0.29) is 18.2 Å². The highest BCUT2D eigenvalue weighted by Gasteiger charge is 2.19. The van der Waals surface area contributed by atoms with E-state index in [1.807, 2.05) is 12.1 Å². The van der Waals surface area contributed by atoms with Gasteiger partial charge in [-0.05, 0) is 12.1 Å². The normalized spacial score (nSPS) is 14.5. The number of nitrogens with one attached hydrogen (secondary N) is 2. The summed E-state index contributed by atoms with van der Waals surface area (Å²) in [7, 11) is 1.59. The van der Waals surface area contributed by atoms with E-state index in [0.29, 0.717) is 24.4 Å². The molecule has 0 saturated carbocycles. The van der Waals surface area contributed by atoms with E-state index in [0.717, 1.165) is 10.0 Å². The SMILES string of the molecule is COCc1c(Br)cccc1NC(=O)C1=NNC(=O)CC1. The van der Waals surface area contributed by atoms with Crippen LogP contribution in [0.4, 0.5) is 5.69 Å². The summed E-state index contributed by atoms with van der Waals surface area (Å²) in [5.74, 6) is -0.496. The number of hydrogen-bond acceptors (Lipinski definition) is 4. The molecule has 2 N–H and O–H groups in total. The summed E-state index contributed by atoms with van der Waals surface area (Å²) in [6, 6.07) is 5.49. The number of ether oxygens (including phenoxy) is 1. The molecule has 6 nitrogen and oxygen atoms in total. The predicted molar refractivity (Wildman–Crippen MR) is 78.3 cm³/mol. The van der Waals surface area contributed by atoms with Crippen LogP contribution in [0.5, 0.6) is 0 Å². The van der Waals surface area contributed by atoms with Gasteiger partial charge < -0.3 is 10.1 Å².